The van der Waals surface area contributed by atoms with E-state index in [1.807, 2.05) is 0 Å². The molecule has 0 bridgehead atoms. The number of anilines is 1. The summed E-state index contributed by atoms with van der Waals surface area (Å²) >= 11 is 0. The first-order chi connectivity index (χ1) is 12.2. The van der Waals surface area contributed by atoms with E-state index in [1.54, 1.807) is 74.0 Å². The first-order valence-electron chi connectivity index (χ1n) is 7.79. The highest BCUT2D eigenvalue weighted by Gasteiger charge is 2.20. The normalized spacial score (nSPS) is 10.3. The maximum Gasteiger partial charge on any atom is 0.259 e. The molecule has 2 aromatic carbocycles. The second kappa shape index (κ2) is 7.57. The molecule has 1 heterocycles. The van der Waals surface area contributed by atoms with Crippen LogP contribution in [0.3, 0.4) is 0 Å². The molecular formula is C20H17FN2O2. The van der Waals surface area contributed by atoms with Crippen LogP contribution in [-0.2, 0) is 6.54 Å². The second-order valence-electron chi connectivity index (χ2n) is 5.40. The van der Waals surface area contributed by atoms with Gasteiger partial charge in [-0.2, -0.15) is 0 Å². The van der Waals surface area contributed by atoms with Gasteiger partial charge in [0.25, 0.3) is 5.91 Å². The lowest BCUT2D eigenvalue weighted by Crippen LogP contribution is -2.31. The molecule has 3 aromatic rings. The number of carbonyl (C=O) groups excluding carboxylic acids is 1. The number of aromatic nitrogens is 1. The molecule has 1 amide bonds. The molecule has 0 atom stereocenters. The molecule has 1 aromatic heterocycles. The van der Waals surface area contributed by atoms with Crippen LogP contribution in [0.15, 0.2) is 72.9 Å². The van der Waals surface area contributed by atoms with E-state index in [1.165, 1.54) is 11.0 Å². The van der Waals surface area contributed by atoms with Crippen LogP contribution in [0.5, 0.6) is 5.75 Å². The van der Waals surface area contributed by atoms with Gasteiger partial charge in [0.15, 0.2) is 0 Å². The molecular weight excluding hydrogens is 319 g/mol. The minimum Gasteiger partial charge on any atom is -0.497 e. The van der Waals surface area contributed by atoms with Crippen LogP contribution in [-0.4, -0.2) is 18.0 Å². The Labute approximate surface area is 145 Å². The van der Waals surface area contributed by atoms with Crippen LogP contribution in [0.25, 0.3) is 0 Å². The van der Waals surface area contributed by atoms with Crippen LogP contribution in [0.1, 0.15) is 15.9 Å². The van der Waals surface area contributed by atoms with Crippen molar-refractivity contribution in [2.24, 2.45) is 0 Å². The van der Waals surface area contributed by atoms with Gasteiger partial charge in [-0.15, -0.1) is 0 Å². The molecule has 0 aliphatic heterocycles. The smallest absolute Gasteiger partial charge is 0.259 e. The van der Waals surface area contributed by atoms with Crippen molar-refractivity contribution in [3.05, 3.63) is 89.9 Å². The molecule has 4 nitrogen and oxygen atoms in total. The van der Waals surface area contributed by atoms with Crippen molar-refractivity contribution in [2.45, 2.75) is 6.54 Å². The molecule has 126 valence electrons. The summed E-state index contributed by atoms with van der Waals surface area (Å²) in [7, 11) is 1.54. The van der Waals surface area contributed by atoms with Crippen LogP contribution in [0.4, 0.5) is 10.2 Å². The van der Waals surface area contributed by atoms with E-state index >= 15 is 0 Å². The maximum atomic E-state index is 14.1. The molecule has 0 saturated carbocycles. The molecule has 0 radical (unpaired) electrons. The fourth-order valence-electron chi connectivity index (χ4n) is 2.48. The molecule has 3 rings (SSSR count). The first kappa shape index (κ1) is 16.6. The highest BCUT2D eigenvalue weighted by Crippen LogP contribution is 2.21. The number of methoxy groups -OCH3 is 1. The monoisotopic (exact) mass is 336 g/mol. The van der Waals surface area contributed by atoms with E-state index in [2.05, 4.69) is 4.98 Å². The molecule has 0 N–H and O–H groups in total. The maximum absolute atomic E-state index is 14.1. The van der Waals surface area contributed by atoms with Crippen molar-refractivity contribution in [1.82, 2.24) is 4.98 Å². The Morgan fingerprint density at radius 1 is 1.08 bits per heavy atom. The van der Waals surface area contributed by atoms with Crippen LogP contribution >= 0.6 is 0 Å². The van der Waals surface area contributed by atoms with E-state index in [9.17, 15) is 9.18 Å². The van der Waals surface area contributed by atoms with Crippen LogP contribution < -0.4 is 9.64 Å². The van der Waals surface area contributed by atoms with Gasteiger partial charge in [-0.05, 0) is 36.4 Å². The Balaban J connectivity index is 1.99. The quantitative estimate of drug-likeness (QED) is 0.705. The minimum atomic E-state index is -0.359. The Morgan fingerprint density at radius 2 is 1.88 bits per heavy atom. The van der Waals surface area contributed by atoms with Gasteiger partial charge in [0.2, 0.25) is 0 Å². The number of pyridine rings is 1. The third-order valence-electron chi connectivity index (χ3n) is 3.77. The summed E-state index contributed by atoms with van der Waals surface area (Å²) < 4.78 is 19.3. The Kier molecular flexibility index (Phi) is 5.04. The Hall–Kier alpha value is -3.21. The summed E-state index contributed by atoms with van der Waals surface area (Å²) in [5.74, 6) is 0.402. The molecule has 0 saturated heterocycles. The number of rotatable bonds is 5. The average molecular weight is 336 g/mol. The highest BCUT2D eigenvalue weighted by molar-refractivity contribution is 6.05. The van der Waals surface area contributed by atoms with Crippen LogP contribution in [0.2, 0.25) is 0 Å². The van der Waals surface area contributed by atoms with E-state index in [0.29, 0.717) is 22.7 Å². The van der Waals surface area contributed by atoms with Gasteiger partial charge >= 0.3 is 0 Å². The topological polar surface area (TPSA) is 42.4 Å². The van der Waals surface area contributed by atoms with Crippen molar-refractivity contribution in [1.29, 1.82) is 0 Å². The molecule has 25 heavy (non-hydrogen) atoms. The van der Waals surface area contributed by atoms with Crippen molar-refractivity contribution < 1.29 is 13.9 Å². The van der Waals surface area contributed by atoms with Crippen molar-refractivity contribution >= 4 is 11.7 Å². The molecule has 0 aliphatic carbocycles. The van der Waals surface area contributed by atoms with Crippen molar-refractivity contribution in [3.63, 3.8) is 0 Å². The van der Waals surface area contributed by atoms with Gasteiger partial charge in [-0.25, -0.2) is 9.37 Å². The minimum absolute atomic E-state index is 0.0831. The number of hydrogen-bond acceptors (Lipinski definition) is 3. The number of hydrogen-bond donors (Lipinski definition) is 0. The van der Waals surface area contributed by atoms with Gasteiger partial charge in [0.05, 0.1) is 13.7 Å². The number of nitrogens with zero attached hydrogens (tertiary/aromatic N) is 2. The van der Waals surface area contributed by atoms with E-state index in [-0.39, 0.29) is 18.3 Å². The fraction of sp³-hybridized carbons (Fsp3) is 0.100. The highest BCUT2D eigenvalue weighted by atomic mass is 19.1. The predicted octanol–water partition coefficient (Wildman–Crippen LogP) is 4.08. The number of ether oxygens (including phenoxy) is 1. The number of amides is 1. The van der Waals surface area contributed by atoms with Gasteiger partial charge in [0, 0.05) is 17.3 Å². The first-order valence-corrected chi connectivity index (χ1v) is 7.79. The SMILES string of the molecule is COc1cccc(C(=O)N(Cc2ccccc2F)c2ccccn2)c1. The molecule has 0 fully saturated rings. The summed E-state index contributed by atoms with van der Waals surface area (Å²) in [5.41, 5.74) is 0.866. The predicted molar refractivity (Wildman–Crippen MR) is 94.1 cm³/mol. The Morgan fingerprint density at radius 3 is 2.60 bits per heavy atom. The third-order valence-corrected chi connectivity index (χ3v) is 3.77. The second-order valence-corrected chi connectivity index (χ2v) is 5.40. The zero-order valence-corrected chi connectivity index (χ0v) is 13.7. The summed E-state index contributed by atoms with van der Waals surface area (Å²) in [6, 6.07) is 18.5. The average Bonchev–Trinajstić information content (AvgIpc) is 2.67. The van der Waals surface area contributed by atoms with Gasteiger partial charge in [0.1, 0.15) is 17.4 Å². The van der Waals surface area contributed by atoms with E-state index in [0.717, 1.165) is 0 Å². The van der Waals surface area contributed by atoms with Gasteiger partial charge < -0.3 is 4.74 Å². The number of carbonyl (C=O) groups is 1. The van der Waals surface area contributed by atoms with Gasteiger partial charge in [-0.1, -0.05) is 30.3 Å². The van der Waals surface area contributed by atoms with Crippen molar-refractivity contribution in [3.8, 4) is 5.75 Å². The molecule has 0 aliphatic rings. The standard InChI is InChI=1S/C20H17FN2O2/c1-25-17-9-6-8-15(13-17)20(24)23(19-11-4-5-12-22-19)14-16-7-2-3-10-18(16)21/h2-13H,14H2,1H3. The third kappa shape index (κ3) is 3.83. The summed E-state index contributed by atoms with van der Waals surface area (Å²) in [5, 5.41) is 0. The lowest BCUT2D eigenvalue weighted by atomic mass is 10.1. The van der Waals surface area contributed by atoms with Gasteiger partial charge in [-0.3, -0.25) is 9.69 Å². The largest absolute Gasteiger partial charge is 0.497 e. The Bertz CT molecular complexity index is 868. The molecule has 5 heteroatoms. The zero-order chi connectivity index (χ0) is 17.6. The number of benzene rings is 2. The lowest BCUT2D eigenvalue weighted by molar-refractivity contribution is 0.0984. The fourth-order valence-corrected chi connectivity index (χ4v) is 2.48. The zero-order valence-electron chi connectivity index (χ0n) is 13.7. The van der Waals surface area contributed by atoms with Crippen LogP contribution in [0, 0.1) is 5.82 Å². The molecule has 0 spiro atoms. The number of halogens is 1. The van der Waals surface area contributed by atoms with E-state index < -0.39 is 0 Å². The summed E-state index contributed by atoms with van der Waals surface area (Å²) in [6.07, 6.45) is 1.60. The van der Waals surface area contributed by atoms with E-state index in [4.69, 9.17) is 4.74 Å². The van der Waals surface area contributed by atoms with Crippen molar-refractivity contribution in [2.75, 3.05) is 12.0 Å². The molecule has 0 unspecified atom stereocenters. The lowest BCUT2D eigenvalue weighted by Gasteiger charge is -2.22. The summed E-state index contributed by atoms with van der Waals surface area (Å²) in [4.78, 5) is 18.7. The summed E-state index contributed by atoms with van der Waals surface area (Å²) in [6.45, 7) is 0.0831.